The van der Waals surface area contributed by atoms with Gasteiger partial charge in [0.1, 0.15) is 18.0 Å². The Balaban J connectivity index is 1.55. The van der Waals surface area contributed by atoms with E-state index in [0.29, 0.717) is 38.1 Å². The highest BCUT2D eigenvalue weighted by Gasteiger charge is 2.35. The third-order valence-electron chi connectivity index (χ3n) is 4.72. The quantitative estimate of drug-likeness (QED) is 0.866. The Morgan fingerprint density at radius 1 is 1.12 bits per heavy atom. The van der Waals surface area contributed by atoms with Crippen LogP contribution in [-0.2, 0) is 11.3 Å². The molecule has 0 saturated carbocycles. The van der Waals surface area contributed by atoms with Crippen molar-refractivity contribution in [3.05, 3.63) is 65.7 Å². The van der Waals surface area contributed by atoms with Crippen molar-refractivity contribution in [2.75, 3.05) is 26.8 Å². The van der Waals surface area contributed by atoms with Crippen LogP contribution in [0.3, 0.4) is 0 Å². The van der Waals surface area contributed by atoms with Gasteiger partial charge in [-0.2, -0.15) is 0 Å². The molecule has 0 atom stereocenters. The lowest BCUT2D eigenvalue weighted by atomic mass is 9.92. The normalized spacial score (nSPS) is 16.3. The zero-order valence-electron chi connectivity index (χ0n) is 15.1. The van der Waals surface area contributed by atoms with Crippen molar-refractivity contribution < 1.29 is 19.4 Å². The highest BCUT2D eigenvalue weighted by molar-refractivity contribution is 5.94. The minimum absolute atomic E-state index is 0.00557. The van der Waals surface area contributed by atoms with E-state index in [4.69, 9.17) is 9.47 Å². The van der Waals surface area contributed by atoms with Crippen molar-refractivity contribution in [3.63, 3.8) is 0 Å². The Hall–Kier alpha value is -2.37. The number of ether oxygens (including phenoxy) is 2. The number of carbonyl (C=O) groups excluding carboxylic acids is 1. The first kappa shape index (κ1) is 18.4. The smallest absolute Gasteiger partial charge is 0.253 e. The van der Waals surface area contributed by atoms with E-state index >= 15 is 0 Å². The van der Waals surface area contributed by atoms with Gasteiger partial charge < -0.3 is 19.5 Å². The predicted octanol–water partition coefficient (Wildman–Crippen LogP) is 2.88. The van der Waals surface area contributed by atoms with Gasteiger partial charge in [0.2, 0.25) is 0 Å². The second-order valence-electron chi connectivity index (χ2n) is 6.75. The average Bonchev–Trinajstić information content (AvgIpc) is 2.68. The number of hydrogen-bond acceptors (Lipinski definition) is 4. The number of rotatable bonds is 6. The maximum Gasteiger partial charge on any atom is 0.253 e. The van der Waals surface area contributed by atoms with E-state index < -0.39 is 5.60 Å². The molecule has 0 spiro atoms. The zero-order chi connectivity index (χ0) is 18.4. The molecule has 1 aliphatic heterocycles. The fourth-order valence-corrected chi connectivity index (χ4v) is 3.15. The first-order chi connectivity index (χ1) is 12.6. The topological polar surface area (TPSA) is 59.0 Å². The predicted molar refractivity (Wildman–Crippen MR) is 99.2 cm³/mol. The van der Waals surface area contributed by atoms with Crippen LogP contribution in [0.1, 0.15) is 28.8 Å². The van der Waals surface area contributed by atoms with Crippen LogP contribution in [0.4, 0.5) is 0 Å². The highest BCUT2D eigenvalue weighted by Crippen LogP contribution is 2.25. The number of hydrogen-bond donors (Lipinski definition) is 1. The second kappa shape index (κ2) is 8.34. The van der Waals surface area contributed by atoms with E-state index in [1.165, 1.54) is 0 Å². The number of nitrogens with zero attached hydrogens (tertiary/aromatic N) is 1. The molecule has 1 heterocycles. The van der Waals surface area contributed by atoms with Crippen LogP contribution in [0.25, 0.3) is 0 Å². The Morgan fingerprint density at radius 2 is 1.85 bits per heavy atom. The minimum Gasteiger partial charge on any atom is -0.491 e. The van der Waals surface area contributed by atoms with Crippen LogP contribution in [0.5, 0.6) is 5.75 Å². The zero-order valence-corrected chi connectivity index (χ0v) is 15.1. The molecule has 1 N–H and O–H groups in total. The van der Waals surface area contributed by atoms with Crippen molar-refractivity contribution in [3.8, 4) is 5.75 Å². The van der Waals surface area contributed by atoms with Gasteiger partial charge in [-0.15, -0.1) is 0 Å². The number of piperidine rings is 1. The molecule has 26 heavy (non-hydrogen) atoms. The summed E-state index contributed by atoms with van der Waals surface area (Å²) < 4.78 is 10.8. The number of aliphatic hydroxyl groups is 1. The summed E-state index contributed by atoms with van der Waals surface area (Å²) in [7, 11) is 1.64. The van der Waals surface area contributed by atoms with Crippen LogP contribution >= 0.6 is 0 Å². The van der Waals surface area contributed by atoms with Gasteiger partial charge in [-0.05, 0) is 42.7 Å². The number of carbonyl (C=O) groups is 1. The highest BCUT2D eigenvalue weighted by atomic mass is 16.5. The van der Waals surface area contributed by atoms with Gasteiger partial charge in [-0.25, -0.2) is 0 Å². The molecule has 2 aromatic carbocycles. The van der Waals surface area contributed by atoms with Crippen LogP contribution < -0.4 is 4.74 Å². The third kappa shape index (κ3) is 4.62. The fourth-order valence-electron chi connectivity index (χ4n) is 3.15. The van der Waals surface area contributed by atoms with Crippen molar-refractivity contribution in [2.24, 2.45) is 0 Å². The third-order valence-corrected chi connectivity index (χ3v) is 4.72. The summed E-state index contributed by atoms with van der Waals surface area (Å²) in [6, 6.07) is 17.0. The standard InChI is InChI=1S/C21H25NO4/c1-25-15-17-6-5-7-18(14-17)20(23)22-12-10-21(24,11-13-22)16-26-19-8-3-2-4-9-19/h2-9,14,24H,10-13,15-16H2,1H3. The summed E-state index contributed by atoms with van der Waals surface area (Å²) in [5.74, 6) is 0.739. The van der Waals surface area contributed by atoms with E-state index in [9.17, 15) is 9.90 Å². The Labute approximate surface area is 154 Å². The molecule has 2 aromatic rings. The van der Waals surface area contributed by atoms with Crippen LogP contribution in [0, 0.1) is 0 Å². The van der Waals surface area contributed by atoms with Crippen molar-refractivity contribution in [2.45, 2.75) is 25.0 Å². The number of para-hydroxylation sites is 1. The summed E-state index contributed by atoms with van der Waals surface area (Å²) in [6.07, 6.45) is 1.01. The molecule has 0 aliphatic carbocycles. The molecule has 5 nitrogen and oxygen atoms in total. The second-order valence-corrected chi connectivity index (χ2v) is 6.75. The molecule has 3 rings (SSSR count). The van der Waals surface area contributed by atoms with Crippen LogP contribution in [0.2, 0.25) is 0 Å². The van der Waals surface area contributed by atoms with Gasteiger partial charge >= 0.3 is 0 Å². The van der Waals surface area contributed by atoms with Crippen LogP contribution in [0.15, 0.2) is 54.6 Å². The molecule has 1 fully saturated rings. The summed E-state index contributed by atoms with van der Waals surface area (Å²) in [6.45, 7) is 1.75. The summed E-state index contributed by atoms with van der Waals surface area (Å²) in [5, 5.41) is 10.7. The monoisotopic (exact) mass is 355 g/mol. The van der Waals surface area contributed by atoms with Gasteiger partial charge in [0.25, 0.3) is 5.91 Å². The van der Waals surface area contributed by atoms with E-state index in [-0.39, 0.29) is 12.5 Å². The molecule has 5 heteroatoms. The summed E-state index contributed by atoms with van der Waals surface area (Å²) >= 11 is 0. The number of likely N-dealkylation sites (tertiary alicyclic amines) is 1. The fraction of sp³-hybridized carbons (Fsp3) is 0.381. The van der Waals surface area contributed by atoms with Gasteiger partial charge in [0.05, 0.1) is 6.61 Å². The van der Waals surface area contributed by atoms with E-state index in [1.807, 2.05) is 54.6 Å². The molecule has 1 amide bonds. The number of methoxy groups -OCH3 is 1. The van der Waals surface area contributed by atoms with Crippen molar-refractivity contribution >= 4 is 5.91 Å². The summed E-state index contributed by atoms with van der Waals surface area (Å²) in [5.41, 5.74) is 0.735. The van der Waals surface area contributed by atoms with Crippen molar-refractivity contribution in [1.82, 2.24) is 4.90 Å². The van der Waals surface area contributed by atoms with Crippen LogP contribution in [-0.4, -0.2) is 48.3 Å². The molecular formula is C21H25NO4. The number of amides is 1. The van der Waals surface area contributed by atoms with E-state index in [2.05, 4.69) is 0 Å². The minimum atomic E-state index is -0.898. The Morgan fingerprint density at radius 3 is 2.54 bits per heavy atom. The first-order valence-electron chi connectivity index (χ1n) is 8.87. The molecule has 138 valence electrons. The number of benzene rings is 2. The van der Waals surface area contributed by atoms with Gasteiger partial charge in [-0.3, -0.25) is 4.79 Å². The van der Waals surface area contributed by atoms with Gasteiger partial charge in [0.15, 0.2) is 0 Å². The molecule has 0 bridgehead atoms. The lowest BCUT2D eigenvalue weighted by Gasteiger charge is -2.38. The molecule has 0 unspecified atom stereocenters. The maximum atomic E-state index is 12.7. The van der Waals surface area contributed by atoms with Crippen molar-refractivity contribution in [1.29, 1.82) is 0 Å². The molecule has 0 aromatic heterocycles. The first-order valence-corrected chi connectivity index (χ1v) is 8.87. The molecular weight excluding hydrogens is 330 g/mol. The van der Waals surface area contributed by atoms with E-state index in [1.54, 1.807) is 12.0 Å². The van der Waals surface area contributed by atoms with Gasteiger partial charge in [0, 0.05) is 25.8 Å². The largest absolute Gasteiger partial charge is 0.491 e. The lowest BCUT2D eigenvalue weighted by Crippen LogP contribution is -2.49. The lowest BCUT2D eigenvalue weighted by molar-refractivity contribution is -0.0475. The molecule has 1 aliphatic rings. The molecule has 1 saturated heterocycles. The van der Waals surface area contributed by atoms with E-state index in [0.717, 1.165) is 11.3 Å². The maximum absolute atomic E-state index is 12.7. The Bertz CT molecular complexity index is 724. The van der Waals surface area contributed by atoms with Gasteiger partial charge in [-0.1, -0.05) is 30.3 Å². The summed E-state index contributed by atoms with van der Waals surface area (Å²) in [4.78, 5) is 14.5. The molecule has 0 radical (unpaired) electrons. The Kier molecular flexibility index (Phi) is 5.91. The average molecular weight is 355 g/mol. The SMILES string of the molecule is COCc1cccc(C(=O)N2CCC(O)(COc3ccccc3)CC2)c1.